The van der Waals surface area contributed by atoms with Crippen molar-refractivity contribution in [1.29, 1.82) is 0 Å². The Morgan fingerprint density at radius 3 is 2.46 bits per heavy atom. The first-order valence-electron chi connectivity index (χ1n) is 13.3. The number of benzene rings is 2. The van der Waals surface area contributed by atoms with Gasteiger partial charge < -0.3 is 29.7 Å². The number of para-hydroxylation sites is 1. The molecule has 2 aromatic carbocycles. The number of hydrogen-bond acceptors (Lipinski definition) is 8. The zero-order chi connectivity index (χ0) is 27.6. The summed E-state index contributed by atoms with van der Waals surface area (Å²) in [6.07, 6.45) is 6.08. The number of nitrogens with one attached hydrogen (secondary N) is 2. The molecule has 39 heavy (non-hydrogen) atoms. The summed E-state index contributed by atoms with van der Waals surface area (Å²) >= 11 is 6.38. The number of likely N-dealkylation sites (tertiary alicyclic amines) is 1. The van der Waals surface area contributed by atoms with Crippen LogP contribution in [0.1, 0.15) is 25.7 Å². The summed E-state index contributed by atoms with van der Waals surface area (Å²) in [4.78, 5) is 13.5. The number of halogens is 2. The molecule has 0 bridgehead atoms. The first-order chi connectivity index (χ1) is 18.7. The quantitative estimate of drug-likeness (QED) is 0.314. The molecule has 1 aromatic heterocycles. The topological polar surface area (TPSA) is 82.6 Å². The van der Waals surface area contributed by atoms with Crippen molar-refractivity contribution < 1.29 is 13.7 Å². The minimum Gasteiger partial charge on any atom is -0.494 e. The van der Waals surface area contributed by atoms with Crippen LogP contribution in [0.4, 0.5) is 33.2 Å². The number of anilines is 5. The number of piperidine rings is 1. The fourth-order valence-electron chi connectivity index (χ4n) is 5.44. The molecule has 3 aromatic rings. The lowest BCUT2D eigenvalue weighted by molar-refractivity contribution is 0.207. The van der Waals surface area contributed by atoms with Crippen molar-refractivity contribution in [2.45, 2.75) is 31.7 Å². The SMILES string of the molecule is COc1cc(N2CCC(N3CCCC3)CC2)c(F)cc1Nc1ncc(Cl)c(Nc2ccccc2P(C)(C)=O)n1. The van der Waals surface area contributed by atoms with Gasteiger partial charge in [-0.15, -0.1) is 0 Å². The van der Waals surface area contributed by atoms with Crippen molar-refractivity contribution in [3.8, 4) is 5.75 Å². The second-order valence-corrected chi connectivity index (χ2v) is 14.1. The molecular formula is C28H35ClFN6O2P. The van der Waals surface area contributed by atoms with Crippen LogP contribution < -0.4 is 25.6 Å². The van der Waals surface area contributed by atoms with Gasteiger partial charge in [0.2, 0.25) is 5.95 Å². The van der Waals surface area contributed by atoms with E-state index in [1.807, 2.05) is 24.3 Å². The van der Waals surface area contributed by atoms with Crippen molar-refractivity contribution in [2.24, 2.45) is 0 Å². The molecule has 0 atom stereocenters. The molecule has 2 fully saturated rings. The van der Waals surface area contributed by atoms with Crippen molar-refractivity contribution in [2.75, 3.05) is 62.2 Å². The summed E-state index contributed by atoms with van der Waals surface area (Å²) in [7, 11) is -0.988. The summed E-state index contributed by atoms with van der Waals surface area (Å²) in [6, 6.07) is 11.1. The van der Waals surface area contributed by atoms with E-state index in [0.29, 0.717) is 45.0 Å². The number of hydrogen-bond donors (Lipinski definition) is 2. The molecule has 0 amide bonds. The average molecular weight is 573 g/mol. The Morgan fingerprint density at radius 2 is 1.77 bits per heavy atom. The highest BCUT2D eigenvalue weighted by Crippen LogP contribution is 2.39. The molecular weight excluding hydrogens is 538 g/mol. The maximum absolute atomic E-state index is 15.4. The van der Waals surface area contributed by atoms with Crippen LogP contribution in [0, 0.1) is 5.82 Å². The molecule has 2 aliphatic rings. The molecule has 2 N–H and O–H groups in total. The van der Waals surface area contributed by atoms with Crippen LogP contribution in [0.25, 0.3) is 0 Å². The highest BCUT2D eigenvalue weighted by atomic mass is 35.5. The summed E-state index contributed by atoms with van der Waals surface area (Å²) in [5.41, 5.74) is 1.60. The molecule has 3 heterocycles. The predicted molar refractivity (Wildman–Crippen MR) is 158 cm³/mol. The Labute approximate surface area is 234 Å². The Morgan fingerprint density at radius 1 is 1.05 bits per heavy atom. The van der Waals surface area contributed by atoms with E-state index >= 15 is 4.39 Å². The largest absolute Gasteiger partial charge is 0.494 e. The lowest BCUT2D eigenvalue weighted by Crippen LogP contribution is -2.44. The van der Waals surface area contributed by atoms with E-state index in [1.54, 1.807) is 26.5 Å². The van der Waals surface area contributed by atoms with E-state index in [0.717, 1.165) is 25.9 Å². The van der Waals surface area contributed by atoms with Gasteiger partial charge in [-0.05, 0) is 64.2 Å². The van der Waals surface area contributed by atoms with Crippen LogP contribution in [0.5, 0.6) is 5.75 Å². The molecule has 8 nitrogen and oxygen atoms in total. The molecule has 0 spiro atoms. The van der Waals surface area contributed by atoms with Crippen molar-refractivity contribution in [3.63, 3.8) is 0 Å². The number of methoxy groups -OCH3 is 1. The minimum atomic E-state index is -2.55. The summed E-state index contributed by atoms with van der Waals surface area (Å²) < 4.78 is 33.8. The molecule has 5 rings (SSSR count). The van der Waals surface area contributed by atoms with Crippen molar-refractivity contribution in [1.82, 2.24) is 14.9 Å². The second-order valence-electron chi connectivity index (χ2n) is 10.5. The smallest absolute Gasteiger partial charge is 0.229 e. The van der Waals surface area contributed by atoms with Crippen LogP contribution >= 0.6 is 18.7 Å². The molecule has 2 aliphatic heterocycles. The highest BCUT2D eigenvalue weighted by molar-refractivity contribution is 7.70. The Hall–Kier alpha value is -2.87. The third-order valence-corrected chi connectivity index (χ3v) is 9.29. The van der Waals surface area contributed by atoms with E-state index in [2.05, 4.69) is 30.4 Å². The van der Waals surface area contributed by atoms with Gasteiger partial charge in [-0.1, -0.05) is 23.7 Å². The maximum Gasteiger partial charge on any atom is 0.229 e. The normalized spacial score (nSPS) is 16.9. The van der Waals surface area contributed by atoms with Gasteiger partial charge in [0.05, 0.1) is 30.4 Å². The first-order valence-corrected chi connectivity index (χ1v) is 16.3. The van der Waals surface area contributed by atoms with Gasteiger partial charge in [0.15, 0.2) is 5.82 Å². The zero-order valence-electron chi connectivity index (χ0n) is 22.6. The van der Waals surface area contributed by atoms with Gasteiger partial charge in [-0.25, -0.2) is 9.37 Å². The summed E-state index contributed by atoms with van der Waals surface area (Å²) in [5, 5.41) is 7.24. The van der Waals surface area contributed by atoms with E-state index in [4.69, 9.17) is 16.3 Å². The maximum atomic E-state index is 15.4. The van der Waals surface area contributed by atoms with E-state index in [-0.39, 0.29) is 11.8 Å². The Bertz CT molecular complexity index is 1370. The van der Waals surface area contributed by atoms with Gasteiger partial charge in [-0.2, -0.15) is 4.98 Å². The van der Waals surface area contributed by atoms with E-state index in [1.165, 1.54) is 38.2 Å². The zero-order valence-corrected chi connectivity index (χ0v) is 24.2. The molecule has 11 heteroatoms. The first kappa shape index (κ1) is 27.7. The number of aromatic nitrogens is 2. The van der Waals surface area contributed by atoms with Crippen molar-refractivity contribution >= 4 is 52.9 Å². The van der Waals surface area contributed by atoms with Gasteiger partial charge in [0.25, 0.3) is 0 Å². The third kappa shape index (κ3) is 6.32. The van der Waals surface area contributed by atoms with Gasteiger partial charge >= 0.3 is 0 Å². The molecule has 208 valence electrons. The number of nitrogens with zero attached hydrogens (tertiary/aromatic N) is 4. The average Bonchev–Trinajstić information content (AvgIpc) is 3.46. The number of rotatable bonds is 8. The van der Waals surface area contributed by atoms with Gasteiger partial charge in [-0.3, -0.25) is 0 Å². The monoisotopic (exact) mass is 572 g/mol. The van der Waals surface area contributed by atoms with E-state index < -0.39 is 7.14 Å². The molecule has 0 saturated carbocycles. The van der Waals surface area contributed by atoms with Crippen LogP contribution in [0.3, 0.4) is 0 Å². The summed E-state index contributed by atoms with van der Waals surface area (Å²) in [5.74, 6) is 0.713. The molecule has 2 saturated heterocycles. The fraction of sp³-hybridized carbons (Fsp3) is 0.429. The molecule has 0 aliphatic carbocycles. The predicted octanol–water partition coefficient (Wildman–Crippen LogP) is 6.08. The third-order valence-electron chi connectivity index (χ3n) is 7.46. The van der Waals surface area contributed by atoms with Crippen LogP contribution in [-0.4, -0.2) is 67.5 Å². The molecule has 0 radical (unpaired) electrons. The van der Waals surface area contributed by atoms with E-state index in [9.17, 15) is 4.57 Å². The second kappa shape index (κ2) is 11.7. The highest BCUT2D eigenvalue weighted by Gasteiger charge is 2.28. The Kier molecular flexibility index (Phi) is 8.31. The van der Waals surface area contributed by atoms with Gasteiger partial charge in [0, 0.05) is 36.6 Å². The number of ether oxygens (including phenoxy) is 1. The van der Waals surface area contributed by atoms with Crippen LogP contribution in [0.2, 0.25) is 5.02 Å². The molecule has 0 unspecified atom stereocenters. The van der Waals surface area contributed by atoms with Gasteiger partial charge in [0.1, 0.15) is 23.7 Å². The van der Waals surface area contributed by atoms with Crippen LogP contribution in [0.15, 0.2) is 42.6 Å². The van der Waals surface area contributed by atoms with Crippen molar-refractivity contribution in [3.05, 3.63) is 53.4 Å². The summed E-state index contributed by atoms with van der Waals surface area (Å²) in [6.45, 7) is 7.41. The Balaban J connectivity index is 1.34. The lowest BCUT2D eigenvalue weighted by atomic mass is 10.0. The fourth-order valence-corrected chi connectivity index (χ4v) is 6.74. The lowest BCUT2D eigenvalue weighted by Gasteiger charge is -2.38. The minimum absolute atomic E-state index is 0.215. The van der Waals surface area contributed by atoms with Crippen LogP contribution in [-0.2, 0) is 4.57 Å². The standard InChI is InChI=1S/C28H35ClFN6O2P/c1-38-25-17-24(36-14-10-19(11-15-36)35-12-6-7-13-35)21(30)16-23(25)33-28-31-18-20(29)27(34-28)32-22-8-4-5-9-26(22)39(2,3)37/h4-5,8-9,16-19H,6-7,10-15H2,1-3H3,(H2,31,32,33,34).